The van der Waals surface area contributed by atoms with Crippen LogP contribution in [0.1, 0.15) is 29.7 Å². The second-order valence-electron chi connectivity index (χ2n) is 8.77. The van der Waals surface area contributed by atoms with Gasteiger partial charge in [-0.1, -0.05) is 30.3 Å². The van der Waals surface area contributed by atoms with Gasteiger partial charge in [0.15, 0.2) is 11.5 Å². The number of nitrogens with one attached hydrogen (secondary N) is 1. The summed E-state index contributed by atoms with van der Waals surface area (Å²) in [6, 6.07) is 14.4. The number of likely N-dealkylation sites (tertiary alicyclic amines) is 1. The Labute approximate surface area is 188 Å². The highest BCUT2D eigenvalue weighted by Crippen LogP contribution is 2.39. The van der Waals surface area contributed by atoms with Crippen molar-refractivity contribution >= 4 is 16.6 Å². The molecule has 2 aromatic carbocycles. The molecule has 1 fully saturated rings. The van der Waals surface area contributed by atoms with Crippen LogP contribution in [0.3, 0.4) is 0 Å². The van der Waals surface area contributed by atoms with E-state index < -0.39 is 6.17 Å². The van der Waals surface area contributed by atoms with Gasteiger partial charge in [0, 0.05) is 48.5 Å². The van der Waals surface area contributed by atoms with Crippen LogP contribution in [-0.2, 0) is 19.4 Å². The minimum atomic E-state index is -0.783. The number of fused-ring (bicyclic) bond motifs is 2. The number of aryl methyl sites for hydroxylation is 1. The van der Waals surface area contributed by atoms with Crippen molar-refractivity contribution in [1.29, 1.82) is 0 Å². The molecule has 1 aliphatic carbocycles. The van der Waals surface area contributed by atoms with E-state index in [1.165, 1.54) is 11.1 Å². The molecule has 2 atom stereocenters. The number of hydrogen-bond donors (Lipinski definition) is 1. The third-order valence-electron chi connectivity index (χ3n) is 6.74. The number of rotatable bonds is 7. The lowest BCUT2D eigenvalue weighted by atomic mass is 10.1. The number of ether oxygens (including phenoxy) is 2. The summed E-state index contributed by atoms with van der Waals surface area (Å²) in [4.78, 5) is 7.18. The van der Waals surface area contributed by atoms with Crippen LogP contribution in [0.5, 0.6) is 11.5 Å². The molecule has 5 nitrogen and oxygen atoms in total. The molecule has 32 heavy (non-hydrogen) atoms. The molecule has 0 spiro atoms. The Hall–Kier alpha value is -2.86. The quantitative estimate of drug-likeness (QED) is 0.580. The van der Waals surface area contributed by atoms with E-state index in [4.69, 9.17) is 14.5 Å². The fourth-order valence-electron chi connectivity index (χ4n) is 5.16. The molecule has 1 saturated heterocycles. The summed E-state index contributed by atoms with van der Waals surface area (Å²) >= 11 is 0. The van der Waals surface area contributed by atoms with Crippen molar-refractivity contribution in [2.45, 2.75) is 44.4 Å². The zero-order valence-corrected chi connectivity index (χ0v) is 18.7. The Morgan fingerprint density at radius 3 is 2.66 bits per heavy atom. The normalized spacial score (nSPS) is 20.5. The van der Waals surface area contributed by atoms with Gasteiger partial charge < -0.3 is 14.8 Å². The molecular weight excluding hydrogens is 405 g/mol. The first-order valence-electron chi connectivity index (χ1n) is 11.4. The number of pyridine rings is 1. The maximum Gasteiger partial charge on any atom is 0.162 e. The van der Waals surface area contributed by atoms with Crippen LogP contribution in [0, 0.1) is 0 Å². The van der Waals surface area contributed by atoms with Crippen molar-refractivity contribution in [2.24, 2.45) is 0 Å². The summed E-state index contributed by atoms with van der Waals surface area (Å²) in [7, 11) is 3.30. The van der Waals surface area contributed by atoms with Gasteiger partial charge >= 0.3 is 0 Å². The zero-order valence-electron chi connectivity index (χ0n) is 18.7. The number of nitrogens with zero attached hydrogens (tertiary/aromatic N) is 2. The third-order valence-corrected chi connectivity index (χ3v) is 6.74. The number of methoxy groups -OCH3 is 2. The molecule has 0 radical (unpaired) electrons. The molecule has 2 aliphatic rings. The lowest BCUT2D eigenvalue weighted by Gasteiger charge is -2.26. The molecule has 6 heteroatoms. The first-order valence-corrected chi connectivity index (χ1v) is 11.4. The smallest absolute Gasteiger partial charge is 0.162 e. The average Bonchev–Trinajstić information content (AvgIpc) is 3.42. The van der Waals surface area contributed by atoms with Gasteiger partial charge in [0.2, 0.25) is 0 Å². The Bertz CT molecular complexity index is 1110. The molecular formula is C26H30FN3O2. The number of alkyl halides is 1. The molecule has 0 amide bonds. The molecule has 1 N–H and O–H groups in total. The lowest BCUT2D eigenvalue weighted by molar-refractivity contribution is 0.241. The highest BCUT2D eigenvalue weighted by molar-refractivity contribution is 5.96. The van der Waals surface area contributed by atoms with Crippen LogP contribution in [-0.4, -0.2) is 49.4 Å². The Morgan fingerprint density at radius 1 is 1.09 bits per heavy atom. The maximum atomic E-state index is 14.4. The summed E-state index contributed by atoms with van der Waals surface area (Å²) in [5.41, 5.74) is 5.68. The van der Waals surface area contributed by atoms with E-state index in [2.05, 4.69) is 22.3 Å². The van der Waals surface area contributed by atoms with Crippen LogP contribution in [0.2, 0.25) is 0 Å². The Morgan fingerprint density at radius 2 is 1.88 bits per heavy atom. The van der Waals surface area contributed by atoms with Crippen molar-refractivity contribution < 1.29 is 13.9 Å². The van der Waals surface area contributed by atoms with E-state index in [0.717, 1.165) is 48.1 Å². The molecule has 1 aliphatic heterocycles. The van der Waals surface area contributed by atoms with E-state index in [1.807, 2.05) is 30.3 Å². The summed E-state index contributed by atoms with van der Waals surface area (Å²) in [6.45, 7) is 1.96. The van der Waals surface area contributed by atoms with E-state index in [0.29, 0.717) is 31.0 Å². The number of halogens is 1. The summed E-state index contributed by atoms with van der Waals surface area (Å²) in [5.74, 6) is 1.37. The van der Waals surface area contributed by atoms with E-state index in [-0.39, 0.29) is 6.04 Å². The zero-order chi connectivity index (χ0) is 22.1. The van der Waals surface area contributed by atoms with Gasteiger partial charge in [0.25, 0.3) is 0 Å². The van der Waals surface area contributed by atoms with Gasteiger partial charge in [0.1, 0.15) is 6.17 Å². The minimum absolute atomic E-state index is 0.144. The summed E-state index contributed by atoms with van der Waals surface area (Å²) in [6.07, 6.45) is 2.89. The number of anilines is 1. The first kappa shape index (κ1) is 21.0. The topological polar surface area (TPSA) is 46.6 Å². The molecule has 3 aromatic rings. The second kappa shape index (κ2) is 8.94. The van der Waals surface area contributed by atoms with Crippen molar-refractivity contribution in [3.8, 4) is 11.5 Å². The van der Waals surface area contributed by atoms with Gasteiger partial charge in [-0.15, -0.1) is 0 Å². The Kier molecular flexibility index (Phi) is 5.87. The molecule has 5 rings (SSSR count). The van der Waals surface area contributed by atoms with Gasteiger partial charge in [-0.25, -0.2) is 4.39 Å². The highest BCUT2D eigenvalue weighted by Gasteiger charge is 2.32. The predicted molar refractivity (Wildman–Crippen MR) is 126 cm³/mol. The van der Waals surface area contributed by atoms with Gasteiger partial charge in [-0.2, -0.15) is 0 Å². The van der Waals surface area contributed by atoms with Crippen molar-refractivity contribution in [3.05, 3.63) is 59.3 Å². The largest absolute Gasteiger partial charge is 0.493 e. The monoisotopic (exact) mass is 435 g/mol. The average molecular weight is 436 g/mol. The van der Waals surface area contributed by atoms with Crippen LogP contribution in [0.15, 0.2) is 42.5 Å². The lowest BCUT2D eigenvalue weighted by Crippen LogP contribution is -2.34. The number of hydrogen-bond acceptors (Lipinski definition) is 5. The van der Waals surface area contributed by atoms with Crippen LogP contribution in [0.4, 0.5) is 10.1 Å². The van der Waals surface area contributed by atoms with Crippen molar-refractivity contribution in [1.82, 2.24) is 9.88 Å². The fourth-order valence-corrected chi connectivity index (χ4v) is 5.16. The molecule has 168 valence electrons. The summed E-state index contributed by atoms with van der Waals surface area (Å²) < 4.78 is 25.4. The molecule has 2 heterocycles. The minimum Gasteiger partial charge on any atom is -0.493 e. The van der Waals surface area contributed by atoms with Crippen LogP contribution in [0.25, 0.3) is 10.9 Å². The molecule has 1 aromatic heterocycles. The van der Waals surface area contributed by atoms with Crippen molar-refractivity contribution in [3.63, 3.8) is 0 Å². The van der Waals surface area contributed by atoms with Gasteiger partial charge in [-0.05, 0) is 42.9 Å². The van der Waals surface area contributed by atoms with Crippen LogP contribution < -0.4 is 14.8 Å². The summed E-state index contributed by atoms with van der Waals surface area (Å²) in [5, 5.41) is 4.75. The fraction of sp³-hybridized carbons (Fsp3) is 0.423. The maximum absolute atomic E-state index is 14.4. The Balaban J connectivity index is 1.44. The van der Waals surface area contributed by atoms with Gasteiger partial charge in [0.05, 0.1) is 19.7 Å². The van der Waals surface area contributed by atoms with Crippen molar-refractivity contribution in [2.75, 3.05) is 32.6 Å². The molecule has 0 unspecified atom stereocenters. The van der Waals surface area contributed by atoms with E-state index in [1.54, 1.807) is 14.2 Å². The highest BCUT2D eigenvalue weighted by atomic mass is 19.1. The first-order chi connectivity index (χ1) is 15.7. The molecule has 0 bridgehead atoms. The van der Waals surface area contributed by atoms with Crippen LogP contribution >= 0.6 is 0 Å². The molecule has 0 saturated carbocycles. The second-order valence-corrected chi connectivity index (χ2v) is 8.77. The standard InChI is InChI=1S/C26H30FN3O2/c1-31-24-12-21-23(13-25(24)32-2)29-22-10-6-9-20(22)26(21)28-14-19-11-18(27)16-30(19)15-17-7-4-3-5-8-17/h3-5,7-8,12-13,18-19H,6,9-11,14-16H2,1-2H3,(H,28,29)/t18-,19-/m0/s1. The number of benzene rings is 2. The SMILES string of the molecule is COc1cc2nc3c(c(NC[C@@H]4C[C@H](F)CN4Cc4ccccc4)c2cc1OC)CCC3. The predicted octanol–water partition coefficient (Wildman–Crippen LogP) is 4.77. The van der Waals surface area contributed by atoms with E-state index >= 15 is 0 Å². The van der Waals surface area contributed by atoms with E-state index in [9.17, 15) is 4.39 Å². The number of aromatic nitrogens is 1. The third kappa shape index (κ3) is 3.99. The van der Waals surface area contributed by atoms with Gasteiger partial charge in [-0.3, -0.25) is 9.88 Å².